The van der Waals surface area contributed by atoms with E-state index in [1.165, 1.54) is 0 Å². The smallest absolute Gasteiger partial charge is 0.163 e. The number of anilines is 1. The van der Waals surface area contributed by atoms with Gasteiger partial charge in [0.1, 0.15) is 5.75 Å². The second-order valence-electron chi connectivity index (χ2n) is 4.10. The average Bonchev–Trinajstić information content (AvgIpc) is 2.38. The summed E-state index contributed by atoms with van der Waals surface area (Å²) in [5, 5.41) is 0. The Balaban J connectivity index is 2.46. The number of benzene rings is 1. The maximum atomic E-state index is 11.9. The molecule has 0 atom stereocenters. The first-order valence-electron chi connectivity index (χ1n) is 6.23. The van der Waals surface area contributed by atoms with Gasteiger partial charge < -0.3 is 15.2 Å². The van der Waals surface area contributed by atoms with E-state index in [1.54, 1.807) is 25.3 Å². The van der Waals surface area contributed by atoms with Gasteiger partial charge in [0.2, 0.25) is 0 Å². The molecule has 0 saturated heterocycles. The fourth-order valence-electron chi connectivity index (χ4n) is 1.61. The lowest BCUT2D eigenvalue weighted by atomic mass is 10.1. The van der Waals surface area contributed by atoms with Crippen molar-refractivity contribution in [2.24, 2.45) is 0 Å². The van der Waals surface area contributed by atoms with Gasteiger partial charge in [0.05, 0.1) is 12.8 Å². The monoisotopic (exact) mass is 251 g/mol. The Morgan fingerprint density at radius 2 is 2.11 bits per heavy atom. The number of carbonyl (C=O) groups excluding carboxylic acids is 1. The summed E-state index contributed by atoms with van der Waals surface area (Å²) in [6, 6.07) is 5.11. The van der Waals surface area contributed by atoms with Crippen LogP contribution in [0.4, 0.5) is 5.69 Å². The van der Waals surface area contributed by atoms with Crippen molar-refractivity contribution in [2.45, 2.75) is 26.2 Å². The van der Waals surface area contributed by atoms with E-state index < -0.39 is 0 Å². The van der Waals surface area contributed by atoms with E-state index in [4.69, 9.17) is 15.2 Å². The van der Waals surface area contributed by atoms with Gasteiger partial charge in [-0.2, -0.15) is 0 Å². The van der Waals surface area contributed by atoms with Crippen LogP contribution in [0.25, 0.3) is 0 Å². The predicted molar refractivity (Wildman–Crippen MR) is 72.1 cm³/mol. The van der Waals surface area contributed by atoms with E-state index in [-0.39, 0.29) is 5.78 Å². The molecular formula is C14H21NO3. The summed E-state index contributed by atoms with van der Waals surface area (Å²) in [6.07, 6.45) is 2.23. The van der Waals surface area contributed by atoms with Crippen molar-refractivity contribution >= 4 is 11.5 Å². The van der Waals surface area contributed by atoms with E-state index >= 15 is 0 Å². The van der Waals surface area contributed by atoms with E-state index in [2.05, 4.69) is 6.92 Å². The highest BCUT2D eigenvalue weighted by molar-refractivity contribution is 5.96. The van der Waals surface area contributed by atoms with Crippen LogP contribution in [0, 0.1) is 0 Å². The first kappa shape index (κ1) is 14.5. The molecule has 0 amide bonds. The minimum atomic E-state index is 0.0911. The number of rotatable bonds is 8. The van der Waals surface area contributed by atoms with Crippen LogP contribution in [0.15, 0.2) is 18.2 Å². The molecule has 2 N–H and O–H groups in total. The Kier molecular flexibility index (Phi) is 6.22. The zero-order valence-corrected chi connectivity index (χ0v) is 11.1. The lowest BCUT2D eigenvalue weighted by Crippen LogP contribution is -2.04. The standard InChI is InChI=1S/C14H21NO3/c1-3-8-18-9-4-5-13(16)11-6-7-12(15)14(10-11)17-2/h6-7,10H,3-5,8-9,15H2,1-2H3. The minimum absolute atomic E-state index is 0.0911. The topological polar surface area (TPSA) is 61.5 Å². The van der Waals surface area contributed by atoms with Crippen molar-refractivity contribution < 1.29 is 14.3 Å². The van der Waals surface area contributed by atoms with E-state index in [9.17, 15) is 4.79 Å². The highest BCUT2D eigenvalue weighted by Gasteiger charge is 2.08. The summed E-state index contributed by atoms with van der Waals surface area (Å²) in [5.41, 5.74) is 6.88. The largest absolute Gasteiger partial charge is 0.495 e. The number of hydrogen-bond acceptors (Lipinski definition) is 4. The Hall–Kier alpha value is -1.55. The number of nitrogen functional groups attached to an aromatic ring is 1. The third kappa shape index (κ3) is 4.37. The van der Waals surface area contributed by atoms with Gasteiger partial charge in [-0.15, -0.1) is 0 Å². The number of carbonyl (C=O) groups is 1. The van der Waals surface area contributed by atoms with Crippen molar-refractivity contribution in [3.8, 4) is 5.75 Å². The Morgan fingerprint density at radius 3 is 2.78 bits per heavy atom. The SMILES string of the molecule is CCCOCCCC(=O)c1ccc(N)c(OC)c1. The van der Waals surface area contributed by atoms with Crippen molar-refractivity contribution in [3.05, 3.63) is 23.8 Å². The molecule has 0 aliphatic carbocycles. The first-order valence-corrected chi connectivity index (χ1v) is 6.23. The molecule has 0 saturated carbocycles. The van der Waals surface area contributed by atoms with Gasteiger partial charge in [-0.1, -0.05) is 6.92 Å². The molecule has 1 aromatic rings. The summed E-state index contributed by atoms with van der Waals surface area (Å²) in [7, 11) is 1.54. The fourth-order valence-corrected chi connectivity index (χ4v) is 1.61. The van der Waals surface area contributed by atoms with Crippen molar-refractivity contribution in [3.63, 3.8) is 0 Å². The number of Topliss-reactive ketones (excluding diaryl/α,β-unsaturated/α-hetero) is 1. The normalized spacial score (nSPS) is 10.3. The number of nitrogens with two attached hydrogens (primary N) is 1. The molecule has 0 unspecified atom stereocenters. The van der Waals surface area contributed by atoms with Crippen LogP contribution in [0.1, 0.15) is 36.5 Å². The predicted octanol–water partition coefficient (Wildman–Crippen LogP) is 2.67. The second-order valence-corrected chi connectivity index (χ2v) is 4.10. The zero-order valence-electron chi connectivity index (χ0n) is 11.1. The van der Waals surface area contributed by atoms with Crippen molar-refractivity contribution in [2.75, 3.05) is 26.1 Å². The fraction of sp³-hybridized carbons (Fsp3) is 0.500. The van der Waals surface area contributed by atoms with E-state index in [0.29, 0.717) is 30.0 Å². The molecule has 0 fully saturated rings. The van der Waals surface area contributed by atoms with Gasteiger partial charge in [0, 0.05) is 25.2 Å². The molecule has 1 aromatic carbocycles. The highest BCUT2D eigenvalue weighted by atomic mass is 16.5. The van der Waals surface area contributed by atoms with Crippen LogP contribution < -0.4 is 10.5 Å². The number of ether oxygens (including phenoxy) is 2. The van der Waals surface area contributed by atoms with Gasteiger partial charge in [-0.25, -0.2) is 0 Å². The summed E-state index contributed by atoms with van der Waals surface area (Å²) in [5.74, 6) is 0.636. The summed E-state index contributed by atoms with van der Waals surface area (Å²) < 4.78 is 10.4. The first-order chi connectivity index (χ1) is 8.69. The molecule has 0 aliphatic rings. The maximum absolute atomic E-state index is 11.9. The Labute approximate surface area is 108 Å². The van der Waals surface area contributed by atoms with E-state index in [1.807, 2.05) is 0 Å². The van der Waals surface area contributed by atoms with Crippen LogP contribution in [-0.4, -0.2) is 26.1 Å². The zero-order chi connectivity index (χ0) is 13.4. The van der Waals surface area contributed by atoms with E-state index in [0.717, 1.165) is 19.4 Å². The molecule has 0 aromatic heterocycles. The summed E-state index contributed by atoms with van der Waals surface area (Å²) in [6.45, 7) is 3.45. The minimum Gasteiger partial charge on any atom is -0.495 e. The van der Waals surface area contributed by atoms with Crippen LogP contribution in [0.3, 0.4) is 0 Å². The third-order valence-electron chi connectivity index (χ3n) is 2.60. The Bertz CT molecular complexity index is 391. The summed E-state index contributed by atoms with van der Waals surface area (Å²) >= 11 is 0. The maximum Gasteiger partial charge on any atom is 0.163 e. The van der Waals surface area contributed by atoms with Gasteiger partial charge in [0.15, 0.2) is 5.78 Å². The van der Waals surface area contributed by atoms with Crippen LogP contribution in [0.2, 0.25) is 0 Å². The lowest BCUT2D eigenvalue weighted by Gasteiger charge is -2.07. The molecule has 0 heterocycles. The van der Waals surface area contributed by atoms with Crippen molar-refractivity contribution in [1.29, 1.82) is 0 Å². The molecule has 0 spiro atoms. The van der Waals surface area contributed by atoms with Crippen LogP contribution in [-0.2, 0) is 4.74 Å². The van der Waals surface area contributed by atoms with Gasteiger partial charge >= 0.3 is 0 Å². The molecule has 100 valence electrons. The lowest BCUT2D eigenvalue weighted by molar-refractivity contribution is 0.0938. The quantitative estimate of drug-likeness (QED) is 0.438. The van der Waals surface area contributed by atoms with Gasteiger partial charge in [0.25, 0.3) is 0 Å². The number of hydrogen-bond donors (Lipinski definition) is 1. The molecule has 4 nitrogen and oxygen atoms in total. The molecule has 0 aliphatic heterocycles. The van der Waals surface area contributed by atoms with Crippen LogP contribution >= 0.6 is 0 Å². The van der Waals surface area contributed by atoms with Crippen LogP contribution in [0.5, 0.6) is 5.75 Å². The van der Waals surface area contributed by atoms with Gasteiger partial charge in [-0.3, -0.25) is 4.79 Å². The molecular weight excluding hydrogens is 230 g/mol. The molecule has 18 heavy (non-hydrogen) atoms. The molecule has 1 rings (SSSR count). The van der Waals surface area contributed by atoms with Crippen molar-refractivity contribution in [1.82, 2.24) is 0 Å². The summed E-state index contributed by atoms with van der Waals surface area (Å²) in [4.78, 5) is 11.9. The number of methoxy groups -OCH3 is 1. The Morgan fingerprint density at radius 1 is 1.33 bits per heavy atom. The average molecular weight is 251 g/mol. The van der Waals surface area contributed by atoms with Gasteiger partial charge in [-0.05, 0) is 31.0 Å². The third-order valence-corrected chi connectivity index (χ3v) is 2.60. The highest BCUT2D eigenvalue weighted by Crippen LogP contribution is 2.23. The number of ketones is 1. The molecule has 4 heteroatoms. The second kappa shape index (κ2) is 7.71. The molecule has 0 bridgehead atoms. The molecule has 0 radical (unpaired) electrons.